The Kier molecular flexibility index (Phi) is 4.42. The number of aryl methyl sites for hydroxylation is 1. The topological polar surface area (TPSA) is 34.0 Å². The van der Waals surface area contributed by atoms with E-state index in [0.717, 1.165) is 35.2 Å². The van der Waals surface area contributed by atoms with Gasteiger partial charge < -0.3 is 4.90 Å². The van der Waals surface area contributed by atoms with Crippen LogP contribution in [0.3, 0.4) is 0 Å². The van der Waals surface area contributed by atoms with Gasteiger partial charge in [-0.25, -0.2) is 0 Å². The van der Waals surface area contributed by atoms with Gasteiger partial charge in [0, 0.05) is 19.8 Å². The molecule has 0 aliphatic carbocycles. The van der Waals surface area contributed by atoms with E-state index in [1.807, 2.05) is 26.2 Å². The molecule has 4 nitrogen and oxygen atoms in total. The predicted octanol–water partition coefficient (Wildman–Crippen LogP) is 4.00. The van der Waals surface area contributed by atoms with Crippen LogP contribution >= 0.6 is 0 Å². The lowest BCUT2D eigenvalue weighted by molar-refractivity contribution is 0.765. The highest BCUT2D eigenvalue weighted by Gasteiger charge is 2.06. The fraction of sp³-hybridized carbons (Fsp3) is 0.263. The summed E-state index contributed by atoms with van der Waals surface area (Å²) < 4.78 is 0. The maximum atomic E-state index is 4.62. The molecule has 1 aromatic heterocycles. The molecule has 0 saturated heterocycles. The summed E-state index contributed by atoms with van der Waals surface area (Å²) in [5.74, 6) is 0. The molecule has 4 heteroatoms. The van der Waals surface area contributed by atoms with E-state index in [0.29, 0.717) is 0 Å². The number of nitrogens with zero attached hydrogens (tertiary/aromatic N) is 4. The number of benzene rings is 2. The molecule has 0 unspecified atom stereocenters. The first-order valence-electron chi connectivity index (χ1n) is 7.92. The average molecular weight is 306 g/mol. The van der Waals surface area contributed by atoms with Crippen molar-refractivity contribution in [3.63, 3.8) is 0 Å². The zero-order chi connectivity index (χ0) is 16.2. The summed E-state index contributed by atoms with van der Waals surface area (Å²) in [5.41, 5.74) is 5.31. The first kappa shape index (κ1) is 15.3. The third-order valence-electron chi connectivity index (χ3n) is 3.88. The van der Waals surface area contributed by atoms with Gasteiger partial charge in [0.05, 0.1) is 5.69 Å². The quantitative estimate of drug-likeness (QED) is 0.668. The molecule has 0 spiro atoms. The van der Waals surface area contributed by atoms with Crippen molar-refractivity contribution in [2.75, 3.05) is 19.0 Å². The largest absolute Gasteiger partial charge is 0.378 e. The van der Waals surface area contributed by atoms with Crippen LogP contribution in [0.25, 0.3) is 16.7 Å². The molecular formula is C19H22N4. The maximum Gasteiger partial charge on any atom is 0.113 e. The molecule has 3 aromatic rings. The smallest absolute Gasteiger partial charge is 0.113 e. The molecule has 1 heterocycles. The van der Waals surface area contributed by atoms with Gasteiger partial charge in [-0.3, -0.25) is 0 Å². The Morgan fingerprint density at radius 1 is 1.00 bits per heavy atom. The zero-order valence-electron chi connectivity index (χ0n) is 13.9. The van der Waals surface area contributed by atoms with Gasteiger partial charge >= 0.3 is 0 Å². The van der Waals surface area contributed by atoms with E-state index in [1.54, 1.807) is 4.80 Å². The highest BCUT2D eigenvalue weighted by molar-refractivity contribution is 5.74. The van der Waals surface area contributed by atoms with Gasteiger partial charge in [-0.05, 0) is 61.7 Å². The SMILES string of the molecule is CC=CCCc1ccc2nn(-c3ccc(N(C)C)cc3)nc2c1. The van der Waals surface area contributed by atoms with E-state index in [9.17, 15) is 0 Å². The molecule has 0 saturated carbocycles. The van der Waals surface area contributed by atoms with Crippen molar-refractivity contribution in [1.82, 2.24) is 15.0 Å². The van der Waals surface area contributed by atoms with Crippen LogP contribution in [0.4, 0.5) is 5.69 Å². The monoisotopic (exact) mass is 306 g/mol. The number of hydrogen-bond acceptors (Lipinski definition) is 3. The zero-order valence-corrected chi connectivity index (χ0v) is 13.9. The first-order valence-corrected chi connectivity index (χ1v) is 7.92. The minimum atomic E-state index is 0.927. The second kappa shape index (κ2) is 6.65. The summed E-state index contributed by atoms with van der Waals surface area (Å²) in [6.07, 6.45) is 6.37. The molecule has 2 aromatic carbocycles. The lowest BCUT2D eigenvalue weighted by atomic mass is 10.1. The summed E-state index contributed by atoms with van der Waals surface area (Å²) in [6.45, 7) is 2.05. The second-order valence-electron chi connectivity index (χ2n) is 5.83. The maximum absolute atomic E-state index is 4.62. The Morgan fingerprint density at radius 3 is 2.43 bits per heavy atom. The highest BCUT2D eigenvalue weighted by Crippen LogP contribution is 2.18. The normalized spacial score (nSPS) is 11.4. The van der Waals surface area contributed by atoms with Crippen LogP contribution < -0.4 is 4.90 Å². The number of rotatable bonds is 5. The third-order valence-corrected chi connectivity index (χ3v) is 3.88. The standard InChI is InChI=1S/C19H22N4/c1-4-5-6-7-15-8-13-18-19(14-15)21-23(20-18)17-11-9-16(10-12-17)22(2)3/h4-5,8-14H,6-7H2,1-3H3. The van der Waals surface area contributed by atoms with Crippen molar-refractivity contribution < 1.29 is 0 Å². The Bertz CT molecular complexity index is 813. The molecule has 0 aliphatic rings. The lowest BCUT2D eigenvalue weighted by Crippen LogP contribution is -2.08. The number of allylic oxidation sites excluding steroid dienone is 2. The number of hydrogen-bond donors (Lipinski definition) is 0. The summed E-state index contributed by atoms with van der Waals surface area (Å²) >= 11 is 0. The van der Waals surface area contributed by atoms with Crippen LogP contribution in [-0.4, -0.2) is 29.1 Å². The van der Waals surface area contributed by atoms with E-state index in [4.69, 9.17) is 0 Å². The Hall–Kier alpha value is -2.62. The fourth-order valence-electron chi connectivity index (χ4n) is 2.53. The lowest BCUT2D eigenvalue weighted by Gasteiger charge is -2.12. The molecule has 0 radical (unpaired) electrons. The number of aromatic nitrogens is 3. The van der Waals surface area contributed by atoms with Crippen molar-refractivity contribution in [3.05, 3.63) is 60.2 Å². The van der Waals surface area contributed by atoms with Crippen LogP contribution in [0.15, 0.2) is 54.6 Å². The van der Waals surface area contributed by atoms with Gasteiger partial charge in [0.1, 0.15) is 11.0 Å². The van der Waals surface area contributed by atoms with Gasteiger partial charge in [0.2, 0.25) is 0 Å². The van der Waals surface area contributed by atoms with Gasteiger partial charge in [0.15, 0.2) is 0 Å². The summed E-state index contributed by atoms with van der Waals surface area (Å²) in [6, 6.07) is 14.6. The molecule has 0 bridgehead atoms. The van der Waals surface area contributed by atoms with Gasteiger partial charge in [-0.1, -0.05) is 18.2 Å². The highest BCUT2D eigenvalue weighted by atomic mass is 15.5. The molecular weight excluding hydrogens is 284 g/mol. The Labute approximate surface area is 137 Å². The Morgan fingerprint density at radius 2 is 1.74 bits per heavy atom. The van der Waals surface area contributed by atoms with Crippen LogP contribution in [0.2, 0.25) is 0 Å². The van der Waals surface area contributed by atoms with Crippen LogP contribution in [0, 0.1) is 0 Å². The molecule has 23 heavy (non-hydrogen) atoms. The van der Waals surface area contributed by atoms with Crippen molar-refractivity contribution >= 4 is 16.7 Å². The third kappa shape index (κ3) is 3.42. The van der Waals surface area contributed by atoms with Crippen molar-refractivity contribution in [1.29, 1.82) is 0 Å². The fourth-order valence-corrected chi connectivity index (χ4v) is 2.53. The Balaban J connectivity index is 1.87. The number of fused-ring (bicyclic) bond motifs is 1. The van der Waals surface area contributed by atoms with E-state index in [-0.39, 0.29) is 0 Å². The van der Waals surface area contributed by atoms with Crippen LogP contribution in [-0.2, 0) is 6.42 Å². The minimum absolute atomic E-state index is 0.927. The van der Waals surface area contributed by atoms with Crippen molar-refractivity contribution in [3.8, 4) is 5.69 Å². The minimum Gasteiger partial charge on any atom is -0.378 e. The second-order valence-corrected chi connectivity index (χ2v) is 5.83. The van der Waals surface area contributed by atoms with E-state index in [2.05, 4.69) is 64.5 Å². The van der Waals surface area contributed by atoms with Gasteiger partial charge in [0.25, 0.3) is 0 Å². The average Bonchev–Trinajstić information content (AvgIpc) is 2.98. The summed E-state index contributed by atoms with van der Waals surface area (Å²) in [7, 11) is 4.06. The molecule has 0 fully saturated rings. The molecule has 3 rings (SSSR count). The summed E-state index contributed by atoms with van der Waals surface area (Å²) in [4.78, 5) is 3.79. The predicted molar refractivity (Wildman–Crippen MR) is 96.3 cm³/mol. The molecule has 0 atom stereocenters. The molecule has 118 valence electrons. The number of anilines is 1. The molecule has 0 N–H and O–H groups in total. The van der Waals surface area contributed by atoms with Gasteiger partial charge in [-0.15, -0.1) is 10.2 Å². The van der Waals surface area contributed by atoms with Crippen molar-refractivity contribution in [2.45, 2.75) is 19.8 Å². The van der Waals surface area contributed by atoms with Crippen LogP contribution in [0.1, 0.15) is 18.9 Å². The van der Waals surface area contributed by atoms with Crippen molar-refractivity contribution in [2.24, 2.45) is 0 Å². The van der Waals surface area contributed by atoms with Gasteiger partial charge in [-0.2, -0.15) is 4.80 Å². The van der Waals surface area contributed by atoms with E-state index < -0.39 is 0 Å². The van der Waals surface area contributed by atoms with E-state index >= 15 is 0 Å². The molecule has 0 aliphatic heterocycles. The van der Waals surface area contributed by atoms with E-state index in [1.165, 1.54) is 5.56 Å². The summed E-state index contributed by atoms with van der Waals surface area (Å²) in [5, 5.41) is 9.19. The molecule has 0 amide bonds. The first-order chi connectivity index (χ1) is 11.2. The van der Waals surface area contributed by atoms with Crippen LogP contribution in [0.5, 0.6) is 0 Å².